The molecule has 3 heteroatoms. The van der Waals surface area contributed by atoms with E-state index in [1.807, 2.05) is 0 Å². The highest BCUT2D eigenvalue weighted by Crippen LogP contribution is 2.38. The molecule has 0 amide bonds. The summed E-state index contributed by atoms with van der Waals surface area (Å²) in [6.07, 6.45) is 0. The smallest absolute Gasteiger partial charge is 0.429 e. The maximum atomic E-state index is 7.00. The maximum Gasteiger partial charge on any atom is 0.482 e. The standard InChI is InChI=1S/C22H14.BH2O2/c1-2-8-16-15(7-1)13-14-21-19-11-4-3-9-17(19)18-10-5-6-12-20(18)22(16)21;2-1-3/h1-14H;2-3H. The van der Waals surface area contributed by atoms with Gasteiger partial charge >= 0.3 is 7.69 Å². The van der Waals surface area contributed by atoms with E-state index in [1.54, 1.807) is 0 Å². The quantitative estimate of drug-likeness (QED) is 0.317. The normalized spacial score (nSPS) is 10.8. The molecule has 5 rings (SSSR count). The average Bonchev–Trinajstić information content (AvgIpc) is 2.68. The van der Waals surface area contributed by atoms with Crippen molar-refractivity contribution in [3.8, 4) is 0 Å². The summed E-state index contributed by atoms with van der Waals surface area (Å²) in [5, 5.41) is 24.7. The predicted molar refractivity (Wildman–Crippen MR) is 107 cm³/mol. The Bertz CT molecular complexity index is 1150. The topological polar surface area (TPSA) is 40.5 Å². The number of hydrogen-bond acceptors (Lipinski definition) is 2. The fraction of sp³-hybridized carbons (Fsp3) is 0. The minimum Gasteiger partial charge on any atom is -0.429 e. The second-order valence-corrected chi connectivity index (χ2v) is 5.92. The van der Waals surface area contributed by atoms with Crippen LogP contribution in [0.4, 0.5) is 0 Å². The summed E-state index contributed by atoms with van der Waals surface area (Å²) in [6.45, 7) is 0. The first-order chi connectivity index (χ1) is 12.3. The van der Waals surface area contributed by atoms with Gasteiger partial charge in [-0.15, -0.1) is 0 Å². The van der Waals surface area contributed by atoms with Crippen LogP contribution in [0.5, 0.6) is 0 Å². The van der Waals surface area contributed by atoms with E-state index in [4.69, 9.17) is 10.0 Å². The Morgan fingerprint density at radius 2 is 0.840 bits per heavy atom. The molecule has 0 unspecified atom stereocenters. The molecule has 0 aromatic heterocycles. The highest BCUT2D eigenvalue weighted by molar-refractivity contribution is 6.31. The van der Waals surface area contributed by atoms with E-state index in [-0.39, 0.29) is 7.69 Å². The molecule has 0 spiro atoms. The van der Waals surface area contributed by atoms with Crippen molar-refractivity contribution in [3.63, 3.8) is 0 Å². The Balaban J connectivity index is 0.000000490. The number of rotatable bonds is 0. The molecule has 5 aromatic rings. The van der Waals surface area contributed by atoms with Crippen molar-refractivity contribution in [2.75, 3.05) is 0 Å². The third-order valence-electron chi connectivity index (χ3n) is 4.63. The third kappa shape index (κ3) is 2.54. The van der Waals surface area contributed by atoms with Crippen molar-refractivity contribution in [1.29, 1.82) is 0 Å². The van der Waals surface area contributed by atoms with Gasteiger partial charge < -0.3 is 10.0 Å². The Kier molecular flexibility index (Phi) is 4.10. The zero-order chi connectivity index (χ0) is 17.2. The molecule has 2 nitrogen and oxygen atoms in total. The van der Waals surface area contributed by atoms with Crippen LogP contribution in [0.1, 0.15) is 0 Å². The molecular formula is C22H16BO2. The van der Waals surface area contributed by atoms with Crippen molar-refractivity contribution in [3.05, 3.63) is 84.9 Å². The van der Waals surface area contributed by atoms with Gasteiger partial charge in [0.25, 0.3) is 0 Å². The monoisotopic (exact) mass is 323 g/mol. The van der Waals surface area contributed by atoms with Gasteiger partial charge in [0.1, 0.15) is 0 Å². The van der Waals surface area contributed by atoms with Crippen LogP contribution in [0.15, 0.2) is 84.9 Å². The van der Waals surface area contributed by atoms with E-state index in [9.17, 15) is 0 Å². The molecule has 0 fully saturated rings. The van der Waals surface area contributed by atoms with Crippen LogP contribution in [0.3, 0.4) is 0 Å². The lowest BCUT2D eigenvalue weighted by Crippen LogP contribution is -1.84. The molecule has 1 radical (unpaired) electrons. The molecule has 0 aliphatic carbocycles. The van der Waals surface area contributed by atoms with Gasteiger partial charge in [-0.25, -0.2) is 0 Å². The molecule has 119 valence electrons. The second kappa shape index (κ2) is 6.56. The van der Waals surface area contributed by atoms with Crippen LogP contribution in [0.25, 0.3) is 43.1 Å². The SMILES string of the molecule is O[B]O.c1ccc2c(c1)ccc1c3ccccc3c3ccccc3c21. The van der Waals surface area contributed by atoms with Crippen LogP contribution in [0.2, 0.25) is 0 Å². The molecule has 0 heterocycles. The maximum absolute atomic E-state index is 7.00. The first kappa shape index (κ1) is 15.6. The fourth-order valence-corrected chi connectivity index (χ4v) is 3.67. The predicted octanol–water partition coefficient (Wildman–Crippen LogP) is 4.80. The Morgan fingerprint density at radius 1 is 0.440 bits per heavy atom. The Labute approximate surface area is 146 Å². The van der Waals surface area contributed by atoms with Crippen LogP contribution >= 0.6 is 0 Å². The Hall–Kier alpha value is -2.88. The molecule has 0 aliphatic heterocycles. The van der Waals surface area contributed by atoms with Crippen LogP contribution in [-0.4, -0.2) is 17.7 Å². The summed E-state index contributed by atoms with van der Waals surface area (Å²) >= 11 is 0. The van der Waals surface area contributed by atoms with Gasteiger partial charge in [-0.05, 0) is 43.1 Å². The average molecular weight is 323 g/mol. The summed E-state index contributed by atoms with van der Waals surface area (Å²) in [7, 11) is 0. The van der Waals surface area contributed by atoms with Crippen molar-refractivity contribution < 1.29 is 10.0 Å². The minimum absolute atomic E-state index is 0. The van der Waals surface area contributed by atoms with Gasteiger partial charge in [0.2, 0.25) is 0 Å². The van der Waals surface area contributed by atoms with Crippen LogP contribution in [0, 0.1) is 0 Å². The summed E-state index contributed by atoms with van der Waals surface area (Å²) in [5.74, 6) is 0. The number of fused-ring (bicyclic) bond motifs is 8. The lowest BCUT2D eigenvalue weighted by molar-refractivity contribution is 0.448. The molecule has 0 aliphatic rings. The van der Waals surface area contributed by atoms with Crippen LogP contribution < -0.4 is 0 Å². The highest BCUT2D eigenvalue weighted by Gasteiger charge is 2.10. The Morgan fingerprint density at radius 3 is 1.44 bits per heavy atom. The molecule has 0 atom stereocenters. The highest BCUT2D eigenvalue weighted by atomic mass is 16.4. The van der Waals surface area contributed by atoms with E-state index in [2.05, 4.69) is 84.9 Å². The molecule has 0 saturated carbocycles. The zero-order valence-electron chi connectivity index (χ0n) is 13.6. The fourth-order valence-electron chi connectivity index (χ4n) is 3.67. The minimum atomic E-state index is 0. The van der Waals surface area contributed by atoms with Gasteiger partial charge in [0.15, 0.2) is 0 Å². The van der Waals surface area contributed by atoms with Gasteiger partial charge in [-0.1, -0.05) is 84.9 Å². The number of benzene rings is 5. The summed E-state index contributed by atoms with van der Waals surface area (Å²) in [5.41, 5.74) is 0. The van der Waals surface area contributed by atoms with E-state index in [1.165, 1.54) is 43.1 Å². The van der Waals surface area contributed by atoms with Gasteiger partial charge in [0, 0.05) is 0 Å². The largest absolute Gasteiger partial charge is 0.482 e. The first-order valence-corrected chi connectivity index (χ1v) is 8.16. The van der Waals surface area contributed by atoms with E-state index < -0.39 is 0 Å². The first-order valence-electron chi connectivity index (χ1n) is 8.16. The van der Waals surface area contributed by atoms with Gasteiger partial charge in [-0.3, -0.25) is 0 Å². The number of hydrogen-bond donors (Lipinski definition) is 2. The lowest BCUT2D eigenvalue weighted by Gasteiger charge is -2.12. The molecule has 0 saturated heterocycles. The van der Waals surface area contributed by atoms with Gasteiger partial charge in [0.05, 0.1) is 0 Å². The zero-order valence-corrected chi connectivity index (χ0v) is 13.6. The van der Waals surface area contributed by atoms with Crippen molar-refractivity contribution >= 4 is 50.8 Å². The summed E-state index contributed by atoms with van der Waals surface area (Å²) < 4.78 is 0. The van der Waals surface area contributed by atoms with Crippen molar-refractivity contribution in [1.82, 2.24) is 0 Å². The lowest BCUT2D eigenvalue weighted by atomic mass is 9.91. The third-order valence-corrected chi connectivity index (χ3v) is 4.63. The summed E-state index contributed by atoms with van der Waals surface area (Å²) in [4.78, 5) is 0. The van der Waals surface area contributed by atoms with E-state index in [0.717, 1.165) is 0 Å². The molecule has 25 heavy (non-hydrogen) atoms. The van der Waals surface area contributed by atoms with Gasteiger partial charge in [-0.2, -0.15) is 0 Å². The molecule has 2 N–H and O–H groups in total. The van der Waals surface area contributed by atoms with E-state index in [0.29, 0.717) is 0 Å². The molecular weight excluding hydrogens is 307 g/mol. The second-order valence-electron chi connectivity index (χ2n) is 5.92. The van der Waals surface area contributed by atoms with Crippen molar-refractivity contribution in [2.24, 2.45) is 0 Å². The molecule has 5 aromatic carbocycles. The van der Waals surface area contributed by atoms with Crippen LogP contribution in [-0.2, 0) is 0 Å². The van der Waals surface area contributed by atoms with E-state index >= 15 is 0 Å². The molecule has 0 bridgehead atoms. The van der Waals surface area contributed by atoms with Crippen molar-refractivity contribution in [2.45, 2.75) is 0 Å². The summed E-state index contributed by atoms with van der Waals surface area (Å²) in [6, 6.07) is 30.6.